The molecule has 1 amide bonds. The van der Waals surface area contributed by atoms with Gasteiger partial charge in [-0.1, -0.05) is 18.7 Å². The van der Waals surface area contributed by atoms with Crippen molar-refractivity contribution in [2.45, 2.75) is 6.54 Å². The summed E-state index contributed by atoms with van der Waals surface area (Å²) in [7, 11) is 1.75. The maximum Gasteiger partial charge on any atom is 0.351 e. The average Bonchev–Trinajstić information content (AvgIpc) is 2.64. The number of phenolic OH excluding ortho intramolecular Hbond substituents is 1. The third-order valence-electron chi connectivity index (χ3n) is 4.00. The van der Waals surface area contributed by atoms with Crippen molar-refractivity contribution in [2.75, 3.05) is 7.05 Å². The van der Waals surface area contributed by atoms with E-state index in [9.17, 15) is 14.3 Å². The molecular formula is C17H15FNO2+. The first-order valence-corrected chi connectivity index (χ1v) is 6.60. The zero-order valence-corrected chi connectivity index (χ0v) is 11.6. The third kappa shape index (κ3) is 1.96. The summed E-state index contributed by atoms with van der Waals surface area (Å²) in [4.78, 5) is 12.6. The number of likely N-dealkylation sites (N-methyl/N-ethyl adjacent to an activating group) is 1. The molecule has 1 heterocycles. The van der Waals surface area contributed by atoms with Crippen LogP contribution in [0.3, 0.4) is 0 Å². The summed E-state index contributed by atoms with van der Waals surface area (Å²) in [5, 5.41) is 9.93. The Morgan fingerprint density at radius 1 is 1.24 bits per heavy atom. The van der Waals surface area contributed by atoms with Gasteiger partial charge >= 0.3 is 5.91 Å². The number of hydrogen-bond donors (Lipinski definition) is 1. The van der Waals surface area contributed by atoms with Crippen molar-refractivity contribution in [2.24, 2.45) is 0 Å². The number of nitrogens with zero attached hydrogens (tertiary/aromatic N) is 1. The highest BCUT2D eigenvalue weighted by Crippen LogP contribution is 2.42. The van der Waals surface area contributed by atoms with Crippen LogP contribution in [0.1, 0.15) is 11.1 Å². The lowest BCUT2D eigenvalue weighted by Crippen LogP contribution is -2.46. The number of carbonyl (C=O) groups excluding carboxylic acids is 1. The van der Waals surface area contributed by atoms with Crippen molar-refractivity contribution in [3.05, 3.63) is 66.0 Å². The van der Waals surface area contributed by atoms with Gasteiger partial charge in [-0.2, -0.15) is 0 Å². The van der Waals surface area contributed by atoms with Crippen molar-refractivity contribution in [1.29, 1.82) is 0 Å². The van der Waals surface area contributed by atoms with Crippen LogP contribution in [0.2, 0.25) is 0 Å². The van der Waals surface area contributed by atoms with E-state index in [1.807, 2.05) is 6.07 Å². The first-order valence-electron chi connectivity index (χ1n) is 6.60. The van der Waals surface area contributed by atoms with Crippen molar-refractivity contribution in [3.8, 4) is 5.75 Å². The lowest BCUT2D eigenvalue weighted by Gasteiger charge is -2.27. The SMILES string of the molecule is C=C1C(=O)[N+](C)(Cc2ccccc2O)c2ccc(F)cc21. The predicted octanol–water partition coefficient (Wildman–Crippen LogP) is 3.22. The number of hydrogen-bond acceptors (Lipinski definition) is 2. The highest BCUT2D eigenvalue weighted by molar-refractivity contribution is 6.28. The van der Waals surface area contributed by atoms with Gasteiger partial charge in [-0.15, -0.1) is 0 Å². The highest BCUT2D eigenvalue weighted by atomic mass is 19.1. The quantitative estimate of drug-likeness (QED) is 0.679. The Labute approximate surface area is 122 Å². The number of amides is 1. The number of halogens is 1. The standard InChI is InChI=1S/C17H14FNO2/c1-11-14-9-13(18)7-8-15(14)19(2,17(11)21)10-12-5-3-4-6-16(12)20/h3-9H,1,10H2,2H3/p+1. The van der Waals surface area contributed by atoms with Crippen LogP contribution in [0.15, 0.2) is 49.0 Å². The minimum Gasteiger partial charge on any atom is -0.507 e. The summed E-state index contributed by atoms with van der Waals surface area (Å²) in [5.74, 6) is -0.427. The second kappa shape index (κ2) is 4.53. The Hall–Kier alpha value is -2.46. The number of phenols is 1. The van der Waals surface area contributed by atoms with Gasteiger partial charge in [0.1, 0.15) is 23.8 Å². The van der Waals surface area contributed by atoms with Gasteiger partial charge in [0.2, 0.25) is 0 Å². The molecule has 3 nitrogen and oxygen atoms in total. The Morgan fingerprint density at radius 3 is 2.67 bits per heavy atom. The smallest absolute Gasteiger partial charge is 0.351 e. The number of benzene rings is 2. The van der Waals surface area contributed by atoms with Crippen LogP contribution >= 0.6 is 0 Å². The van der Waals surface area contributed by atoms with Gasteiger partial charge in [-0.05, 0) is 24.3 Å². The van der Waals surface area contributed by atoms with Crippen LogP contribution < -0.4 is 4.48 Å². The fourth-order valence-electron chi connectivity index (χ4n) is 2.85. The molecule has 2 aromatic rings. The molecule has 1 unspecified atom stereocenters. The molecule has 0 aliphatic carbocycles. The molecule has 0 spiro atoms. The monoisotopic (exact) mass is 284 g/mol. The van der Waals surface area contributed by atoms with E-state index in [4.69, 9.17) is 0 Å². The number of rotatable bonds is 2. The first kappa shape index (κ1) is 13.5. The summed E-state index contributed by atoms with van der Waals surface area (Å²) in [5.41, 5.74) is 2.22. The Balaban J connectivity index is 2.12. The van der Waals surface area contributed by atoms with Gasteiger partial charge in [-0.25, -0.2) is 13.7 Å². The van der Waals surface area contributed by atoms with E-state index >= 15 is 0 Å². The molecule has 0 aromatic heterocycles. The molecule has 0 saturated carbocycles. The van der Waals surface area contributed by atoms with Gasteiger partial charge < -0.3 is 5.11 Å². The summed E-state index contributed by atoms with van der Waals surface area (Å²) in [6, 6.07) is 11.2. The molecule has 106 valence electrons. The summed E-state index contributed by atoms with van der Waals surface area (Å²) in [6.07, 6.45) is 0. The van der Waals surface area contributed by atoms with Crippen molar-refractivity contribution in [1.82, 2.24) is 4.48 Å². The predicted molar refractivity (Wildman–Crippen MR) is 80.0 cm³/mol. The van der Waals surface area contributed by atoms with Crippen molar-refractivity contribution in [3.63, 3.8) is 0 Å². The number of carbonyl (C=O) groups is 1. The highest BCUT2D eigenvalue weighted by Gasteiger charge is 2.46. The summed E-state index contributed by atoms with van der Waals surface area (Å²) < 4.78 is 13.4. The number of fused-ring (bicyclic) bond motifs is 1. The van der Waals surface area contributed by atoms with Crippen molar-refractivity contribution >= 4 is 17.2 Å². The van der Waals surface area contributed by atoms with Crippen LogP contribution in [-0.4, -0.2) is 18.1 Å². The zero-order chi connectivity index (χ0) is 15.2. The maximum atomic E-state index is 13.4. The molecule has 0 saturated heterocycles. The van der Waals surface area contributed by atoms with Crippen LogP contribution in [0, 0.1) is 5.82 Å². The molecule has 4 heteroatoms. The Bertz CT molecular complexity index is 769. The first-order chi connectivity index (χ1) is 9.93. The molecule has 3 rings (SSSR count). The molecule has 0 fully saturated rings. The average molecular weight is 284 g/mol. The Morgan fingerprint density at radius 2 is 1.95 bits per heavy atom. The van der Waals surface area contributed by atoms with Crippen molar-refractivity contribution < 1.29 is 14.3 Å². The van der Waals surface area contributed by atoms with Gasteiger partial charge in [0.25, 0.3) is 0 Å². The van der Waals surface area contributed by atoms with Crippen LogP contribution in [0.5, 0.6) is 5.75 Å². The van der Waals surface area contributed by atoms with E-state index in [2.05, 4.69) is 6.58 Å². The van der Waals surface area contributed by atoms with E-state index in [1.165, 1.54) is 12.1 Å². The number of para-hydroxylation sites is 1. The molecule has 1 atom stereocenters. The van der Waals surface area contributed by atoms with E-state index in [0.29, 0.717) is 28.9 Å². The van der Waals surface area contributed by atoms with Crippen LogP contribution in [-0.2, 0) is 11.3 Å². The summed E-state index contributed by atoms with van der Waals surface area (Å²) >= 11 is 0. The second-order valence-electron chi connectivity index (χ2n) is 5.42. The van der Waals surface area contributed by atoms with Gasteiger partial charge in [0.15, 0.2) is 0 Å². The molecule has 1 N–H and O–H groups in total. The van der Waals surface area contributed by atoms with E-state index in [0.717, 1.165) is 0 Å². The zero-order valence-electron chi connectivity index (χ0n) is 11.6. The minimum atomic E-state index is -0.390. The van der Waals surface area contributed by atoms with Crippen LogP contribution in [0.25, 0.3) is 5.57 Å². The van der Waals surface area contributed by atoms with E-state index in [-0.39, 0.29) is 16.1 Å². The normalized spacial score (nSPS) is 20.7. The maximum absolute atomic E-state index is 13.4. The topological polar surface area (TPSA) is 37.3 Å². The number of aromatic hydroxyl groups is 1. The van der Waals surface area contributed by atoms with E-state index in [1.54, 1.807) is 31.3 Å². The molecule has 0 bridgehead atoms. The fourth-order valence-corrected chi connectivity index (χ4v) is 2.85. The summed E-state index contributed by atoms with van der Waals surface area (Å²) in [6.45, 7) is 4.08. The van der Waals surface area contributed by atoms with Gasteiger partial charge in [-0.3, -0.25) is 0 Å². The minimum absolute atomic E-state index is 0.0496. The molecule has 1 aliphatic heterocycles. The molecular weight excluding hydrogens is 269 g/mol. The van der Waals surface area contributed by atoms with Gasteiger partial charge in [0.05, 0.1) is 18.2 Å². The van der Waals surface area contributed by atoms with E-state index < -0.39 is 5.82 Å². The second-order valence-corrected chi connectivity index (χ2v) is 5.42. The third-order valence-corrected chi connectivity index (χ3v) is 4.00. The number of quaternary nitrogens is 1. The molecule has 1 aliphatic rings. The molecule has 0 radical (unpaired) electrons. The lowest BCUT2D eigenvalue weighted by molar-refractivity contribution is -0.122. The lowest BCUT2D eigenvalue weighted by atomic mass is 10.1. The van der Waals surface area contributed by atoms with Crippen LogP contribution in [0.4, 0.5) is 10.1 Å². The molecule has 2 aromatic carbocycles. The molecule has 21 heavy (non-hydrogen) atoms. The Kier molecular flexibility index (Phi) is 2.92. The fraction of sp³-hybridized carbons (Fsp3) is 0.118. The largest absolute Gasteiger partial charge is 0.507 e. The van der Waals surface area contributed by atoms with Gasteiger partial charge in [0, 0.05) is 11.6 Å².